The maximum atomic E-state index is 12.4. The molecule has 2 amide bonds. The maximum Gasteiger partial charge on any atom is 0.251 e. The topological polar surface area (TPSA) is 100 Å². The van der Waals surface area contributed by atoms with Crippen LogP contribution in [0, 0.1) is 6.92 Å². The van der Waals surface area contributed by atoms with Gasteiger partial charge in [-0.25, -0.2) is 9.67 Å². The van der Waals surface area contributed by atoms with Crippen LogP contribution in [-0.2, 0) is 11.3 Å². The van der Waals surface area contributed by atoms with Crippen LogP contribution in [0.1, 0.15) is 35.2 Å². The van der Waals surface area contributed by atoms with Crippen LogP contribution in [-0.4, -0.2) is 61.8 Å². The van der Waals surface area contributed by atoms with Gasteiger partial charge in [-0.15, -0.1) is 0 Å². The summed E-state index contributed by atoms with van der Waals surface area (Å²) in [6.07, 6.45) is 4.54. The molecule has 3 rings (SSSR count). The number of amides is 2. The maximum absolute atomic E-state index is 12.4. The molecule has 27 heavy (non-hydrogen) atoms. The molecular formula is C19H25N5O3. The Morgan fingerprint density at radius 1 is 1.30 bits per heavy atom. The summed E-state index contributed by atoms with van der Waals surface area (Å²) >= 11 is 0. The summed E-state index contributed by atoms with van der Waals surface area (Å²) in [6.45, 7) is 3.28. The predicted molar refractivity (Wildman–Crippen MR) is 98.9 cm³/mol. The van der Waals surface area contributed by atoms with Gasteiger partial charge >= 0.3 is 0 Å². The van der Waals surface area contributed by atoms with Crippen molar-refractivity contribution in [3.8, 4) is 0 Å². The van der Waals surface area contributed by atoms with Crippen molar-refractivity contribution in [2.45, 2.75) is 38.3 Å². The second-order valence-electron chi connectivity index (χ2n) is 7.10. The summed E-state index contributed by atoms with van der Waals surface area (Å²) in [7, 11) is 0. The van der Waals surface area contributed by atoms with Crippen LogP contribution < -0.4 is 5.32 Å². The zero-order chi connectivity index (χ0) is 19.3. The zero-order valence-electron chi connectivity index (χ0n) is 15.5. The van der Waals surface area contributed by atoms with Crippen LogP contribution >= 0.6 is 0 Å². The zero-order valence-corrected chi connectivity index (χ0v) is 15.5. The number of hydrogen-bond acceptors (Lipinski definition) is 5. The smallest absolute Gasteiger partial charge is 0.251 e. The second-order valence-corrected chi connectivity index (χ2v) is 7.10. The van der Waals surface area contributed by atoms with Crippen LogP contribution in [0.15, 0.2) is 36.9 Å². The van der Waals surface area contributed by atoms with Crippen molar-refractivity contribution >= 4 is 11.8 Å². The molecule has 1 atom stereocenters. The minimum absolute atomic E-state index is 0.0476. The minimum Gasteiger partial charge on any atom is -0.388 e. The molecule has 1 aliphatic rings. The van der Waals surface area contributed by atoms with E-state index >= 15 is 0 Å². The Morgan fingerprint density at radius 3 is 2.89 bits per heavy atom. The van der Waals surface area contributed by atoms with Crippen molar-refractivity contribution in [2.24, 2.45) is 0 Å². The summed E-state index contributed by atoms with van der Waals surface area (Å²) < 4.78 is 1.49. The van der Waals surface area contributed by atoms with E-state index < -0.39 is 5.60 Å². The summed E-state index contributed by atoms with van der Waals surface area (Å²) in [5, 5.41) is 17.7. The quantitative estimate of drug-likeness (QED) is 0.808. The van der Waals surface area contributed by atoms with Gasteiger partial charge in [0.25, 0.3) is 5.91 Å². The first kappa shape index (κ1) is 19.0. The summed E-state index contributed by atoms with van der Waals surface area (Å²) in [5.74, 6) is -0.246. The molecule has 8 nitrogen and oxygen atoms in total. The fourth-order valence-electron chi connectivity index (χ4n) is 3.29. The predicted octanol–water partition coefficient (Wildman–Crippen LogP) is 0.760. The van der Waals surface area contributed by atoms with Gasteiger partial charge in [0.2, 0.25) is 5.91 Å². The van der Waals surface area contributed by atoms with Crippen molar-refractivity contribution in [2.75, 3.05) is 19.6 Å². The molecule has 1 aliphatic heterocycles. The van der Waals surface area contributed by atoms with Gasteiger partial charge < -0.3 is 15.3 Å². The van der Waals surface area contributed by atoms with Gasteiger partial charge in [0.15, 0.2) is 0 Å². The number of hydrogen-bond donors (Lipinski definition) is 2. The Hall–Kier alpha value is -2.74. The third kappa shape index (κ3) is 5.13. The number of aliphatic hydroxyl groups is 1. The number of carbonyl (C=O) groups excluding carboxylic acids is 2. The number of benzene rings is 1. The Kier molecular flexibility index (Phi) is 5.85. The number of nitrogens with zero attached hydrogens (tertiary/aromatic N) is 4. The fourth-order valence-corrected chi connectivity index (χ4v) is 3.29. The molecule has 0 unspecified atom stereocenters. The Labute approximate surface area is 158 Å². The van der Waals surface area contributed by atoms with Gasteiger partial charge in [0.1, 0.15) is 19.2 Å². The number of aromatic nitrogens is 3. The van der Waals surface area contributed by atoms with Crippen molar-refractivity contribution < 1.29 is 14.7 Å². The van der Waals surface area contributed by atoms with Gasteiger partial charge in [-0.1, -0.05) is 17.7 Å². The van der Waals surface area contributed by atoms with Crippen molar-refractivity contribution in [1.82, 2.24) is 25.0 Å². The summed E-state index contributed by atoms with van der Waals surface area (Å²) in [4.78, 5) is 30.3. The molecule has 1 saturated heterocycles. The normalized spacial score (nSPS) is 20.1. The van der Waals surface area contributed by atoms with E-state index in [4.69, 9.17) is 0 Å². The van der Waals surface area contributed by atoms with E-state index in [9.17, 15) is 14.7 Å². The molecule has 2 aromatic rings. The number of rotatable bonds is 5. The van der Waals surface area contributed by atoms with E-state index in [1.807, 2.05) is 25.1 Å². The Balaban J connectivity index is 1.53. The molecule has 0 aliphatic carbocycles. The molecule has 8 heteroatoms. The highest BCUT2D eigenvalue weighted by Crippen LogP contribution is 2.22. The third-order valence-electron chi connectivity index (χ3n) is 4.89. The molecule has 0 radical (unpaired) electrons. The molecule has 1 aromatic carbocycles. The lowest BCUT2D eigenvalue weighted by molar-refractivity contribution is -0.132. The number of likely N-dealkylation sites (tertiary alicyclic amines) is 1. The van der Waals surface area contributed by atoms with Gasteiger partial charge in [-0.2, -0.15) is 5.10 Å². The van der Waals surface area contributed by atoms with E-state index in [2.05, 4.69) is 15.4 Å². The minimum atomic E-state index is -1.01. The molecule has 0 bridgehead atoms. The molecule has 144 valence electrons. The monoisotopic (exact) mass is 371 g/mol. The standard InChI is InChI=1S/C19H25N5O3/c1-15-4-2-5-16(10-15)18(26)21-12-19(27)6-3-8-23(9-7-19)17(25)11-24-14-20-13-22-24/h2,4-5,10,13-14,27H,3,6-9,11-12H2,1H3,(H,21,26)/t19-/m0/s1. The second kappa shape index (κ2) is 8.30. The molecule has 2 heterocycles. The van der Waals surface area contributed by atoms with Gasteiger partial charge in [0.05, 0.1) is 5.60 Å². The average Bonchev–Trinajstić information content (AvgIpc) is 3.07. The molecule has 0 spiro atoms. The highest BCUT2D eigenvalue weighted by atomic mass is 16.3. The van der Waals surface area contributed by atoms with E-state index in [0.717, 1.165) is 5.56 Å². The summed E-state index contributed by atoms with van der Waals surface area (Å²) in [6, 6.07) is 7.34. The number of aryl methyl sites for hydroxylation is 1. The van der Waals surface area contributed by atoms with Gasteiger partial charge in [-0.05, 0) is 38.3 Å². The van der Waals surface area contributed by atoms with Crippen molar-refractivity contribution in [3.63, 3.8) is 0 Å². The molecule has 2 N–H and O–H groups in total. The van der Waals surface area contributed by atoms with E-state index in [1.54, 1.807) is 11.0 Å². The van der Waals surface area contributed by atoms with Gasteiger partial charge in [0, 0.05) is 25.2 Å². The highest BCUT2D eigenvalue weighted by Gasteiger charge is 2.32. The largest absolute Gasteiger partial charge is 0.388 e. The molecule has 1 fully saturated rings. The molecular weight excluding hydrogens is 346 g/mol. The first-order valence-electron chi connectivity index (χ1n) is 9.13. The van der Waals surface area contributed by atoms with Crippen LogP contribution in [0.5, 0.6) is 0 Å². The molecule has 0 saturated carbocycles. The average molecular weight is 371 g/mol. The lowest BCUT2D eigenvalue weighted by Crippen LogP contribution is -2.44. The number of carbonyl (C=O) groups is 2. The first-order valence-corrected chi connectivity index (χ1v) is 9.13. The van der Waals surface area contributed by atoms with E-state index in [0.29, 0.717) is 37.9 Å². The highest BCUT2D eigenvalue weighted by molar-refractivity contribution is 5.94. The van der Waals surface area contributed by atoms with Crippen LogP contribution in [0.25, 0.3) is 0 Å². The van der Waals surface area contributed by atoms with Crippen molar-refractivity contribution in [3.05, 3.63) is 48.0 Å². The van der Waals surface area contributed by atoms with Crippen LogP contribution in [0.3, 0.4) is 0 Å². The number of nitrogens with one attached hydrogen (secondary N) is 1. The SMILES string of the molecule is Cc1cccc(C(=O)NC[C@]2(O)CCCN(C(=O)Cn3cncn3)CC2)c1. The summed E-state index contributed by atoms with van der Waals surface area (Å²) in [5.41, 5.74) is 0.580. The van der Waals surface area contributed by atoms with E-state index in [-0.39, 0.29) is 24.9 Å². The third-order valence-corrected chi connectivity index (χ3v) is 4.89. The molecule has 1 aromatic heterocycles. The lowest BCUT2D eigenvalue weighted by atomic mass is 9.94. The van der Waals surface area contributed by atoms with Crippen molar-refractivity contribution in [1.29, 1.82) is 0 Å². The Morgan fingerprint density at radius 2 is 2.15 bits per heavy atom. The van der Waals surface area contributed by atoms with Crippen LogP contribution in [0.2, 0.25) is 0 Å². The van der Waals surface area contributed by atoms with Crippen LogP contribution in [0.4, 0.5) is 0 Å². The van der Waals surface area contributed by atoms with Gasteiger partial charge in [-0.3, -0.25) is 9.59 Å². The Bertz CT molecular complexity index is 792. The van der Waals surface area contributed by atoms with E-state index in [1.165, 1.54) is 17.3 Å². The first-order chi connectivity index (χ1) is 13.0. The fraction of sp³-hybridized carbons (Fsp3) is 0.474. The lowest BCUT2D eigenvalue weighted by Gasteiger charge is -2.27.